The van der Waals surface area contributed by atoms with E-state index in [1.165, 1.54) is 6.07 Å². The molecule has 0 radical (unpaired) electrons. The van der Waals surface area contributed by atoms with Crippen LogP contribution in [0.15, 0.2) is 48.7 Å². The van der Waals surface area contributed by atoms with Gasteiger partial charge in [-0.05, 0) is 30.7 Å². The molecule has 144 valence electrons. The quantitative estimate of drug-likeness (QED) is 0.307. The van der Waals surface area contributed by atoms with Crippen LogP contribution in [0.3, 0.4) is 0 Å². The zero-order chi connectivity index (χ0) is 19.9. The van der Waals surface area contributed by atoms with E-state index in [4.69, 9.17) is 5.11 Å². The first-order valence-corrected chi connectivity index (χ1v) is 8.43. The maximum atomic E-state index is 13.5. The van der Waals surface area contributed by atoms with E-state index < -0.39 is 16.4 Å². The number of hydrogen-bond donors (Lipinski definition) is 3. The molecule has 0 aliphatic carbocycles. The summed E-state index contributed by atoms with van der Waals surface area (Å²) in [7, 11) is 0. The monoisotopic (exact) mass is 384 g/mol. The van der Waals surface area contributed by atoms with Crippen LogP contribution >= 0.6 is 0 Å². The largest absolute Gasteiger partial charge is 0.396 e. The van der Waals surface area contributed by atoms with E-state index in [1.807, 2.05) is 6.07 Å². The number of hydrogen-bond acceptors (Lipinski definition) is 8. The highest BCUT2D eigenvalue weighted by Gasteiger charge is 2.15. The van der Waals surface area contributed by atoms with Crippen LogP contribution in [0, 0.1) is 15.9 Å². The molecule has 1 aromatic carbocycles. The van der Waals surface area contributed by atoms with Gasteiger partial charge in [0.25, 0.3) is 0 Å². The van der Waals surface area contributed by atoms with Gasteiger partial charge in [0, 0.05) is 37.2 Å². The van der Waals surface area contributed by atoms with Crippen molar-refractivity contribution in [2.75, 3.05) is 23.8 Å². The molecule has 0 amide bonds. The number of anilines is 3. The van der Waals surface area contributed by atoms with Gasteiger partial charge in [-0.15, -0.1) is 0 Å². The van der Waals surface area contributed by atoms with Gasteiger partial charge in [-0.2, -0.15) is 9.37 Å². The third kappa shape index (κ3) is 4.74. The summed E-state index contributed by atoms with van der Waals surface area (Å²) in [6.45, 7) is 0.487. The second-order valence-electron chi connectivity index (χ2n) is 5.73. The summed E-state index contributed by atoms with van der Waals surface area (Å²) >= 11 is 0. The van der Waals surface area contributed by atoms with Crippen molar-refractivity contribution in [2.24, 2.45) is 0 Å². The summed E-state index contributed by atoms with van der Waals surface area (Å²) in [5.74, 6) is -0.266. The molecule has 3 aromatic rings. The predicted octanol–water partition coefficient (Wildman–Crippen LogP) is 3.12. The minimum Gasteiger partial charge on any atom is -0.396 e. The van der Waals surface area contributed by atoms with Gasteiger partial charge < -0.3 is 15.7 Å². The molecule has 0 unspecified atom stereocenters. The highest BCUT2D eigenvalue weighted by molar-refractivity contribution is 5.66. The molecule has 0 spiro atoms. The van der Waals surface area contributed by atoms with E-state index >= 15 is 0 Å². The molecular formula is C18H17FN6O3. The van der Waals surface area contributed by atoms with Crippen molar-refractivity contribution in [3.63, 3.8) is 0 Å². The number of nitrogens with one attached hydrogen (secondary N) is 2. The minimum atomic E-state index is -0.918. The molecule has 28 heavy (non-hydrogen) atoms. The lowest BCUT2D eigenvalue weighted by Gasteiger charge is -2.11. The molecule has 0 atom stereocenters. The fraction of sp³-hybridized carbons (Fsp3) is 0.167. The first-order valence-electron chi connectivity index (χ1n) is 8.43. The van der Waals surface area contributed by atoms with Crippen molar-refractivity contribution in [2.45, 2.75) is 6.42 Å². The number of rotatable bonds is 8. The summed E-state index contributed by atoms with van der Waals surface area (Å²) in [5.41, 5.74) is 0.815. The summed E-state index contributed by atoms with van der Waals surface area (Å²) in [4.78, 5) is 23.1. The molecule has 3 rings (SSSR count). The van der Waals surface area contributed by atoms with Crippen molar-refractivity contribution >= 4 is 23.1 Å². The molecule has 0 aliphatic heterocycles. The molecule has 0 saturated heterocycles. The Morgan fingerprint density at radius 3 is 2.71 bits per heavy atom. The van der Waals surface area contributed by atoms with Crippen molar-refractivity contribution in [1.29, 1.82) is 0 Å². The fourth-order valence-electron chi connectivity index (χ4n) is 2.39. The molecule has 10 heteroatoms. The van der Waals surface area contributed by atoms with Crippen LogP contribution < -0.4 is 10.6 Å². The lowest BCUT2D eigenvalue weighted by Crippen LogP contribution is -2.09. The van der Waals surface area contributed by atoms with Crippen molar-refractivity contribution in [3.05, 3.63) is 64.6 Å². The Balaban J connectivity index is 1.94. The van der Waals surface area contributed by atoms with E-state index in [1.54, 1.807) is 24.4 Å². The van der Waals surface area contributed by atoms with Gasteiger partial charge >= 0.3 is 5.69 Å². The van der Waals surface area contributed by atoms with Gasteiger partial charge in [-0.3, -0.25) is 15.1 Å². The van der Waals surface area contributed by atoms with Crippen LogP contribution in [0.2, 0.25) is 0 Å². The second kappa shape index (κ2) is 8.82. The minimum absolute atomic E-state index is 0.0251. The van der Waals surface area contributed by atoms with Crippen LogP contribution in [0.1, 0.15) is 6.42 Å². The lowest BCUT2D eigenvalue weighted by molar-refractivity contribution is -0.387. The number of aliphatic hydroxyl groups excluding tert-OH is 1. The smallest absolute Gasteiger partial charge is 0.306 e. The average Bonchev–Trinajstić information content (AvgIpc) is 2.70. The van der Waals surface area contributed by atoms with E-state index in [-0.39, 0.29) is 6.61 Å². The summed E-state index contributed by atoms with van der Waals surface area (Å²) < 4.78 is 13.5. The zero-order valence-electron chi connectivity index (χ0n) is 14.7. The number of pyridine rings is 1. The van der Waals surface area contributed by atoms with E-state index in [9.17, 15) is 14.5 Å². The number of aliphatic hydroxyl groups is 1. The van der Waals surface area contributed by atoms with Gasteiger partial charge in [-0.25, -0.2) is 4.98 Å². The van der Waals surface area contributed by atoms with Crippen molar-refractivity contribution in [1.82, 2.24) is 15.0 Å². The maximum Gasteiger partial charge on any atom is 0.306 e. The molecular weight excluding hydrogens is 367 g/mol. The Bertz CT molecular complexity index is 971. The van der Waals surface area contributed by atoms with Crippen LogP contribution in [-0.4, -0.2) is 38.1 Å². The number of nitro benzene ring substituents is 1. The predicted molar refractivity (Wildman–Crippen MR) is 102 cm³/mol. The normalized spacial score (nSPS) is 10.5. The summed E-state index contributed by atoms with van der Waals surface area (Å²) in [6.07, 6.45) is 2.15. The molecule has 0 bridgehead atoms. The number of nitrogens with zero attached hydrogens (tertiary/aromatic N) is 4. The van der Waals surface area contributed by atoms with E-state index in [0.29, 0.717) is 41.8 Å². The first-order chi connectivity index (χ1) is 13.6. The van der Waals surface area contributed by atoms with Gasteiger partial charge in [0.1, 0.15) is 5.82 Å². The highest BCUT2D eigenvalue weighted by Crippen LogP contribution is 2.26. The third-order valence-electron chi connectivity index (χ3n) is 3.69. The molecule has 9 nitrogen and oxygen atoms in total. The standard InChI is InChI=1S/C18H17FN6O3/c19-13-6-5-12(10-16(13)25(27)28)22-17-11-15(14-4-1-2-7-20-14)23-18(24-17)21-8-3-9-26/h1-2,4-7,10-11,26H,3,8-9H2,(H2,21,22,23,24). The first kappa shape index (κ1) is 19.1. The summed E-state index contributed by atoms with van der Waals surface area (Å²) in [6, 6.07) is 10.5. The Hall–Kier alpha value is -3.66. The molecule has 2 heterocycles. The Labute approximate surface area is 159 Å². The van der Waals surface area contributed by atoms with Gasteiger partial charge in [0.15, 0.2) is 0 Å². The van der Waals surface area contributed by atoms with Crippen molar-refractivity contribution < 1.29 is 14.4 Å². The molecule has 0 fully saturated rings. The van der Waals surface area contributed by atoms with E-state index in [2.05, 4.69) is 25.6 Å². The lowest BCUT2D eigenvalue weighted by atomic mass is 10.2. The number of halogens is 1. The SMILES string of the molecule is O=[N+]([O-])c1cc(Nc2cc(-c3ccccn3)nc(NCCCO)n2)ccc1F. The third-order valence-corrected chi connectivity index (χ3v) is 3.69. The van der Waals surface area contributed by atoms with Gasteiger partial charge in [0.2, 0.25) is 11.8 Å². The zero-order valence-corrected chi connectivity index (χ0v) is 14.7. The highest BCUT2D eigenvalue weighted by atomic mass is 19.1. The van der Waals surface area contributed by atoms with Crippen LogP contribution in [-0.2, 0) is 0 Å². The van der Waals surface area contributed by atoms with Crippen LogP contribution in [0.5, 0.6) is 0 Å². The second-order valence-corrected chi connectivity index (χ2v) is 5.73. The molecule has 2 aromatic heterocycles. The number of benzene rings is 1. The molecule has 0 aliphatic rings. The van der Waals surface area contributed by atoms with E-state index in [0.717, 1.165) is 12.1 Å². The Morgan fingerprint density at radius 1 is 1.14 bits per heavy atom. The Kier molecular flexibility index (Phi) is 6.02. The van der Waals surface area contributed by atoms with Gasteiger partial charge in [0.05, 0.1) is 16.3 Å². The topological polar surface area (TPSA) is 126 Å². The molecule has 0 saturated carbocycles. The fourth-order valence-corrected chi connectivity index (χ4v) is 2.39. The average molecular weight is 384 g/mol. The van der Waals surface area contributed by atoms with Gasteiger partial charge in [-0.1, -0.05) is 6.07 Å². The maximum absolute atomic E-state index is 13.5. The Morgan fingerprint density at radius 2 is 2.00 bits per heavy atom. The number of nitro groups is 1. The van der Waals surface area contributed by atoms with Crippen molar-refractivity contribution in [3.8, 4) is 11.4 Å². The number of aromatic nitrogens is 3. The molecule has 3 N–H and O–H groups in total. The van der Waals surface area contributed by atoms with Crippen LogP contribution in [0.25, 0.3) is 11.4 Å². The van der Waals surface area contributed by atoms with Crippen LogP contribution in [0.4, 0.5) is 27.5 Å². The summed E-state index contributed by atoms with van der Waals surface area (Å²) in [5, 5.41) is 25.8.